The molecule has 0 aliphatic carbocycles. The van der Waals surface area contributed by atoms with Gasteiger partial charge in [0.25, 0.3) is 0 Å². The zero-order chi connectivity index (χ0) is 14.9. The molecule has 20 heavy (non-hydrogen) atoms. The van der Waals surface area contributed by atoms with E-state index in [1.54, 1.807) is 4.68 Å². The van der Waals surface area contributed by atoms with Crippen molar-refractivity contribution in [2.45, 2.75) is 30.9 Å². The van der Waals surface area contributed by atoms with Crippen LogP contribution < -0.4 is 5.73 Å². The first-order valence-corrected chi connectivity index (χ1v) is 8.50. The second-order valence-corrected chi connectivity index (χ2v) is 6.87. The molecule has 0 bridgehead atoms. The van der Waals surface area contributed by atoms with E-state index >= 15 is 0 Å². The number of halogens is 1. The first-order valence-electron chi connectivity index (χ1n) is 6.39. The molecule has 0 radical (unpaired) electrons. The number of aromatic nitrogens is 2. The van der Waals surface area contributed by atoms with Crippen molar-refractivity contribution in [1.82, 2.24) is 9.78 Å². The van der Waals surface area contributed by atoms with E-state index in [-0.39, 0.29) is 0 Å². The molecule has 0 aliphatic rings. The number of rotatable bonds is 4. The second-order valence-electron chi connectivity index (χ2n) is 4.66. The number of anilines is 1. The summed E-state index contributed by atoms with van der Waals surface area (Å²) < 4.78 is 15.3. The van der Waals surface area contributed by atoms with Crippen LogP contribution in [-0.2, 0) is 30.0 Å². The Kier molecular flexibility index (Phi) is 4.65. The normalized spacial score (nSPS) is 12.6. The predicted molar refractivity (Wildman–Crippen MR) is 86.0 cm³/mol. The Bertz CT molecular complexity index is 667. The molecule has 0 fully saturated rings. The fourth-order valence-corrected chi connectivity index (χ4v) is 4.34. The minimum Gasteiger partial charge on any atom is -0.398 e. The Morgan fingerprint density at radius 1 is 1.45 bits per heavy atom. The zero-order valence-corrected chi connectivity index (χ0v) is 14.2. The Hall–Kier alpha value is -1.14. The van der Waals surface area contributed by atoms with Crippen LogP contribution in [0.1, 0.15) is 23.9 Å². The van der Waals surface area contributed by atoms with Crippen LogP contribution in [0.5, 0.6) is 0 Å². The standard InChI is InChI=1S/C14H18BrN3OS/c1-4-10-13(15)11(18(3)17-10)8-20(19)12-7-5-6-9(2)14(12)16/h5-7H,4,8,16H2,1-3H3. The number of nitrogens with two attached hydrogens (primary N) is 1. The zero-order valence-electron chi connectivity index (χ0n) is 11.8. The van der Waals surface area contributed by atoms with Crippen molar-refractivity contribution in [2.75, 3.05) is 5.73 Å². The van der Waals surface area contributed by atoms with Crippen molar-refractivity contribution in [3.63, 3.8) is 0 Å². The molecule has 6 heteroatoms. The first kappa shape index (κ1) is 15.3. The molecule has 0 amide bonds. The molecule has 1 aromatic heterocycles. The van der Waals surface area contributed by atoms with Crippen molar-refractivity contribution in [1.29, 1.82) is 0 Å². The summed E-state index contributed by atoms with van der Waals surface area (Å²) in [6, 6.07) is 5.63. The highest BCUT2D eigenvalue weighted by molar-refractivity contribution is 9.10. The van der Waals surface area contributed by atoms with Crippen molar-refractivity contribution < 1.29 is 4.21 Å². The summed E-state index contributed by atoms with van der Waals surface area (Å²) in [6.07, 6.45) is 0.841. The summed E-state index contributed by atoms with van der Waals surface area (Å²) >= 11 is 3.55. The van der Waals surface area contributed by atoms with Crippen LogP contribution in [0.3, 0.4) is 0 Å². The highest BCUT2D eigenvalue weighted by atomic mass is 79.9. The van der Waals surface area contributed by atoms with Crippen molar-refractivity contribution in [2.24, 2.45) is 7.05 Å². The fraction of sp³-hybridized carbons (Fsp3) is 0.357. The number of hydrogen-bond donors (Lipinski definition) is 1. The quantitative estimate of drug-likeness (QED) is 0.857. The Labute approximate surface area is 130 Å². The molecule has 1 atom stereocenters. The monoisotopic (exact) mass is 355 g/mol. The number of hydrogen-bond acceptors (Lipinski definition) is 3. The fourth-order valence-electron chi connectivity index (χ4n) is 2.03. The number of nitrogen functional groups attached to an aromatic ring is 1. The predicted octanol–water partition coefficient (Wildman–Crippen LogP) is 2.94. The van der Waals surface area contributed by atoms with E-state index < -0.39 is 10.8 Å². The molecule has 2 N–H and O–H groups in total. The molecule has 1 aromatic carbocycles. The van der Waals surface area contributed by atoms with Crippen LogP contribution in [0.25, 0.3) is 0 Å². The molecule has 108 valence electrons. The van der Waals surface area contributed by atoms with Crippen LogP contribution in [-0.4, -0.2) is 14.0 Å². The van der Waals surface area contributed by atoms with Crippen LogP contribution in [0, 0.1) is 6.92 Å². The molecule has 0 spiro atoms. The number of aryl methyl sites for hydroxylation is 3. The van der Waals surface area contributed by atoms with Crippen LogP contribution >= 0.6 is 15.9 Å². The van der Waals surface area contributed by atoms with E-state index in [9.17, 15) is 4.21 Å². The van der Waals surface area contributed by atoms with E-state index in [0.29, 0.717) is 16.3 Å². The minimum atomic E-state index is -1.18. The topological polar surface area (TPSA) is 60.9 Å². The Morgan fingerprint density at radius 3 is 2.75 bits per heavy atom. The second kappa shape index (κ2) is 6.10. The van der Waals surface area contributed by atoms with Gasteiger partial charge >= 0.3 is 0 Å². The maximum atomic E-state index is 12.6. The minimum absolute atomic E-state index is 0.401. The van der Waals surface area contributed by atoms with E-state index in [0.717, 1.165) is 27.8 Å². The lowest BCUT2D eigenvalue weighted by Crippen LogP contribution is -2.06. The van der Waals surface area contributed by atoms with Crippen molar-refractivity contribution >= 4 is 32.4 Å². The lowest BCUT2D eigenvalue weighted by Gasteiger charge is -2.08. The summed E-state index contributed by atoms with van der Waals surface area (Å²) in [4.78, 5) is 0.691. The van der Waals surface area contributed by atoms with Crippen molar-refractivity contribution in [3.8, 4) is 0 Å². The average molecular weight is 356 g/mol. The molecule has 0 saturated heterocycles. The Morgan fingerprint density at radius 2 is 2.15 bits per heavy atom. The molecule has 0 aliphatic heterocycles. The van der Waals surface area contributed by atoms with Gasteiger partial charge in [0, 0.05) is 7.05 Å². The average Bonchev–Trinajstić information content (AvgIpc) is 2.69. The smallest absolute Gasteiger partial charge is 0.0767 e. The van der Waals surface area contributed by atoms with Gasteiger partial charge in [-0.3, -0.25) is 8.89 Å². The van der Waals surface area contributed by atoms with Crippen molar-refractivity contribution in [3.05, 3.63) is 39.6 Å². The van der Waals surface area contributed by atoms with Gasteiger partial charge < -0.3 is 5.73 Å². The lowest BCUT2D eigenvalue weighted by atomic mass is 10.2. The molecule has 2 aromatic rings. The number of nitrogens with zero attached hydrogens (tertiary/aromatic N) is 2. The van der Waals surface area contributed by atoms with Gasteiger partial charge in [0.1, 0.15) is 0 Å². The summed E-state index contributed by atoms with van der Waals surface area (Å²) in [5, 5.41) is 4.42. The van der Waals surface area contributed by atoms with E-state index in [1.165, 1.54) is 0 Å². The largest absolute Gasteiger partial charge is 0.398 e. The van der Waals surface area contributed by atoms with Gasteiger partial charge in [0.15, 0.2) is 0 Å². The van der Waals surface area contributed by atoms with Gasteiger partial charge in [-0.15, -0.1) is 0 Å². The molecule has 2 rings (SSSR count). The maximum Gasteiger partial charge on any atom is 0.0767 e. The maximum absolute atomic E-state index is 12.6. The summed E-state index contributed by atoms with van der Waals surface area (Å²) in [5.74, 6) is 0.401. The molecule has 4 nitrogen and oxygen atoms in total. The molecular weight excluding hydrogens is 338 g/mol. The van der Waals surface area contributed by atoms with Gasteiger partial charge in [0.2, 0.25) is 0 Å². The highest BCUT2D eigenvalue weighted by Crippen LogP contribution is 2.27. The number of para-hydroxylation sites is 1. The van der Waals surface area contributed by atoms with Gasteiger partial charge in [0.05, 0.1) is 43.0 Å². The summed E-state index contributed by atoms with van der Waals surface area (Å²) in [6.45, 7) is 3.97. The summed E-state index contributed by atoms with van der Waals surface area (Å²) in [5.41, 5.74) is 9.50. The first-order chi connectivity index (χ1) is 9.45. The van der Waals surface area contributed by atoms with E-state index in [2.05, 4.69) is 21.0 Å². The highest BCUT2D eigenvalue weighted by Gasteiger charge is 2.17. The molecule has 1 unspecified atom stereocenters. The van der Waals surface area contributed by atoms with Gasteiger partial charge in [-0.05, 0) is 40.9 Å². The van der Waals surface area contributed by atoms with Crippen LogP contribution in [0.4, 0.5) is 5.69 Å². The van der Waals surface area contributed by atoms with Gasteiger partial charge in [-0.25, -0.2) is 0 Å². The third-order valence-electron chi connectivity index (χ3n) is 3.30. The molecule has 1 heterocycles. The third kappa shape index (κ3) is 2.81. The van der Waals surface area contributed by atoms with E-state index in [4.69, 9.17) is 5.73 Å². The summed E-state index contributed by atoms with van der Waals surface area (Å²) in [7, 11) is 0.690. The van der Waals surface area contributed by atoms with Crippen LogP contribution in [0.2, 0.25) is 0 Å². The van der Waals surface area contributed by atoms with Gasteiger partial charge in [-0.2, -0.15) is 5.10 Å². The third-order valence-corrected chi connectivity index (χ3v) is 5.60. The molecule has 0 saturated carbocycles. The lowest BCUT2D eigenvalue weighted by molar-refractivity contribution is 0.675. The number of benzene rings is 1. The van der Waals surface area contributed by atoms with E-state index in [1.807, 2.05) is 39.1 Å². The van der Waals surface area contributed by atoms with Gasteiger partial charge in [-0.1, -0.05) is 19.1 Å². The Balaban J connectivity index is 2.33. The molecular formula is C14H18BrN3OS. The SMILES string of the molecule is CCc1nn(C)c(CS(=O)c2cccc(C)c2N)c1Br. The van der Waals surface area contributed by atoms with Crippen LogP contribution in [0.15, 0.2) is 27.6 Å².